The zero-order valence-electron chi connectivity index (χ0n) is 12.2. The Labute approximate surface area is 140 Å². The predicted molar refractivity (Wildman–Crippen MR) is 90.6 cm³/mol. The molecule has 2 fully saturated rings. The lowest BCUT2D eigenvalue weighted by molar-refractivity contribution is -0.130. The van der Waals surface area contributed by atoms with Crippen LogP contribution in [0.2, 0.25) is 0 Å². The normalized spacial score (nSPS) is 21.4. The zero-order chi connectivity index (χ0) is 14.2. The third-order valence-corrected chi connectivity index (χ3v) is 5.37. The molecule has 1 saturated carbocycles. The Balaban J connectivity index is 0.00000161. The second-order valence-electron chi connectivity index (χ2n) is 6.14. The van der Waals surface area contributed by atoms with Crippen molar-refractivity contribution in [1.29, 1.82) is 0 Å². The predicted octanol–water partition coefficient (Wildman–Crippen LogP) is 3.22. The van der Waals surface area contributed by atoms with Gasteiger partial charge in [0.05, 0.1) is 5.54 Å². The van der Waals surface area contributed by atoms with Gasteiger partial charge in [0.2, 0.25) is 5.91 Å². The van der Waals surface area contributed by atoms with Crippen LogP contribution in [0.4, 0.5) is 0 Å². The van der Waals surface area contributed by atoms with Crippen molar-refractivity contribution < 1.29 is 4.79 Å². The summed E-state index contributed by atoms with van der Waals surface area (Å²) in [6.07, 6.45) is 3.28. The third kappa shape index (κ3) is 3.27. The van der Waals surface area contributed by atoms with Crippen molar-refractivity contribution in [3.63, 3.8) is 0 Å². The minimum absolute atomic E-state index is 0. The van der Waals surface area contributed by atoms with Gasteiger partial charge in [0.15, 0.2) is 0 Å². The number of halogens is 2. The van der Waals surface area contributed by atoms with Crippen molar-refractivity contribution in [1.82, 2.24) is 10.6 Å². The van der Waals surface area contributed by atoms with Gasteiger partial charge in [0, 0.05) is 10.4 Å². The van der Waals surface area contributed by atoms with Gasteiger partial charge in [0.1, 0.15) is 0 Å². The van der Waals surface area contributed by atoms with Crippen LogP contribution < -0.4 is 10.6 Å². The maximum Gasteiger partial charge on any atom is 0.223 e. The Kier molecular flexibility index (Phi) is 5.33. The van der Waals surface area contributed by atoms with E-state index in [9.17, 15) is 4.79 Å². The minimum atomic E-state index is -0.133. The standard InChI is InChI=1S/C16H21BrN2O.ClH/c1-11(12-9-18-10-12)15(20)19-16(6-3-7-16)13-4-2-5-14(17)8-13;/h2,4-5,8,11-12,18H,3,6-7,9-10H2,1H3,(H,19,20);1H. The first kappa shape index (κ1) is 16.8. The minimum Gasteiger partial charge on any atom is -0.346 e. The molecule has 5 heteroatoms. The Morgan fingerprint density at radius 1 is 1.43 bits per heavy atom. The Bertz CT molecular complexity index is 515. The molecule has 1 saturated heterocycles. The van der Waals surface area contributed by atoms with Gasteiger partial charge in [-0.3, -0.25) is 4.79 Å². The maximum absolute atomic E-state index is 12.5. The van der Waals surface area contributed by atoms with E-state index in [-0.39, 0.29) is 29.8 Å². The quantitative estimate of drug-likeness (QED) is 0.851. The van der Waals surface area contributed by atoms with E-state index in [1.54, 1.807) is 0 Å². The van der Waals surface area contributed by atoms with Crippen LogP contribution in [0.25, 0.3) is 0 Å². The number of amides is 1. The van der Waals surface area contributed by atoms with Crippen LogP contribution in [0.1, 0.15) is 31.7 Å². The van der Waals surface area contributed by atoms with Gasteiger partial charge in [0.25, 0.3) is 0 Å². The van der Waals surface area contributed by atoms with Crippen molar-refractivity contribution in [2.24, 2.45) is 11.8 Å². The summed E-state index contributed by atoms with van der Waals surface area (Å²) in [5.74, 6) is 0.798. The molecule has 0 aromatic heterocycles. The maximum atomic E-state index is 12.5. The van der Waals surface area contributed by atoms with Crippen LogP contribution in [0.15, 0.2) is 28.7 Å². The summed E-state index contributed by atoms with van der Waals surface area (Å²) >= 11 is 3.53. The number of carbonyl (C=O) groups excluding carboxylic acids is 1. The van der Waals surface area contributed by atoms with Crippen LogP contribution >= 0.6 is 28.3 Å². The van der Waals surface area contributed by atoms with E-state index in [0.29, 0.717) is 5.92 Å². The smallest absolute Gasteiger partial charge is 0.223 e. The monoisotopic (exact) mass is 372 g/mol. The number of nitrogens with one attached hydrogen (secondary N) is 2. The van der Waals surface area contributed by atoms with Crippen LogP contribution in [-0.4, -0.2) is 19.0 Å². The highest BCUT2D eigenvalue weighted by atomic mass is 79.9. The molecule has 1 atom stereocenters. The first-order valence-corrected chi connectivity index (χ1v) is 8.19. The number of rotatable bonds is 4. The summed E-state index contributed by atoms with van der Waals surface area (Å²) in [7, 11) is 0. The van der Waals surface area contributed by atoms with Gasteiger partial charge < -0.3 is 10.6 Å². The van der Waals surface area contributed by atoms with Crippen LogP contribution in [-0.2, 0) is 10.3 Å². The van der Waals surface area contributed by atoms with Crippen molar-refractivity contribution in [3.05, 3.63) is 34.3 Å². The molecule has 3 nitrogen and oxygen atoms in total. The summed E-state index contributed by atoms with van der Waals surface area (Å²) in [6, 6.07) is 8.33. The molecule has 0 radical (unpaired) electrons. The molecule has 0 spiro atoms. The Hall–Kier alpha value is -0.580. The highest BCUT2D eigenvalue weighted by Gasteiger charge is 2.42. The Morgan fingerprint density at radius 3 is 2.62 bits per heavy atom. The molecule has 3 rings (SSSR count). The molecular weight excluding hydrogens is 352 g/mol. The van der Waals surface area contributed by atoms with E-state index in [1.165, 1.54) is 12.0 Å². The van der Waals surface area contributed by atoms with Crippen molar-refractivity contribution in [3.8, 4) is 0 Å². The second kappa shape index (κ2) is 6.67. The lowest BCUT2D eigenvalue weighted by Gasteiger charge is -2.44. The molecule has 116 valence electrons. The molecule has 1 unspecified atom stereocenters. The number of benzene rings is 1. The molecule has 1 aromatic carbocycles. The second-order valence-corrected chi connectivity index (χ2v) is 7.06. The van der Waals surface area contributed by atoms with Crippen LogP contribution in [0.5, 0.6) is 0 Å². The van der Waals surface area contributed by atoms with E-state index in [4.69, 9.17) is 0 Å². The summed E-state index contributed by atoms with van der Waals surface area (Å²) in [6.45, 7) is 3.99. The number of hydrogen-bond acceptors (Lipinski definition) is 2. The fourth-order valence-electron chi connectivity index (χ4n) is 3.03. The summed E-state index contributed by atoms with van der Waals surface area (Å²) in [4.78, 5) is 12.5. The zero-order valence-corrected chi connectivity index (χ0v) is 14.6. The van der Waals surface area contributed by atoms with Crippen LogP contribution in [0.3, 0.4) is 0 Å². The molecule has 1 amide bonds. The van der Waals surface area contributed by atoms with E-state index in [0.717, 1.165) is 30.4 Å². The summed E-state index contributed by atoms with van der Waals surface area (Å²) in [5, 5.41) is 6.58. The molecule has 1 heterocycles. The van der Waals surface area contributed by atoms with Gasteiger partial charge in [-0.1, -0.05) is 35.0 Å². The van der Waals surface area contributed by atoms with Gasteiger partial charge >= 0.3 is 0 Å². The van der Waals surface area contributed by atoms with E-state index in [1.807, 2.05) is 19.1 Å². The van der Waals surface area contributed by atoms with Gasteiger partial charge in [-0.2, -0.15) is 0 Å². The largest absolute Gasteiger partial charge is 0.346 e. The molecule has 1 aliphatic carbocycles. The van der Waals surface area contributed by atoms with E-state index < -0.39 is 0 Å². The first-order valence-electron chi connectivity index (χ1n) is 7.39. The summed E-state index contributed by atoms with van der Waals surface area (Å²) < 4.78 is 1.08. The van der Waals surface area contributed by atoms with Crippen molar-refractivity contribution in [2.45, 2.75) is 31.7 Å². The highest BCUT2D eigenvalue weighted by molar-refractivity contribution is 9.10. The van der Waals surface area contributed by atoms with Gasteiger partial charge in [-0.05, 0) is 56.0 Å². The molecule has 0 bridgehead atoms. The average molecular weight is 374 g/mol. The van der Waals surface area contributed by atoms with Crippen molar-refractivity contribution in [2.75, 3.05) is 13.1 Å². The van der Waals surface area contributed by atoms with Crippen LogP contribution in [0, 0.1) is 11.8 Å². The fourth-order valence-corrected chi connectivity index (χ4v) is 3.43. The molecule has 1 aromatic rings. The van der Waals surface area contributed by atoms with Gasteiger partial charge in [-0.25, -0.2) is 0 Å². The first-order chi connectivity index (χ1) is 9.61. The molecule has 1 aliphatic heterocycles. The lowest BCUT2D eigenvalue weighted by atomic mass is 9.71. The molecular formula is C16H22BrClN2O. The molecule has 21 heavy (non-hydrogen) atoms. The van der Waals surface area contributed by atoms with Gasteiger partial charge in [-0.15, -0.1) is 12.4 Å². The number of carbonyl (C=O) groups is 1. The average Bonchev–Trinajstić information content (AvgIpc) is 2.31. The topological polar surface area (TPSA) is 41.1 Å². The third-order valence-electron chi connectivity index (χ3n) is 4.88. The summed E-state index contributed by atoms with van der Waals surface area (Å²) in [5.41, 5.74) is 1.09. The Morgan fingerprint density at radius 2 is 2.14 bits per heavy atom. The highest BCUT2D eigenvalue weighted by Crippen LogP contribution is 2.42. The number of hydrogen-bond donors (Lipinski definition) is 2. The molecule has 2 aliphatic rings. The SMILES string of the molecule is CC(C(=O)NC1(c2cccc(Br)c2)CCC1)C1CNC1.Cl. The lowest BCUT2D eigenvalue weighted by Crippen LogP contribution is -2.56. The van der Waals surface area contributed by atoms with E-state index in [2.05, 4.69) is 38.7 Å². The van der Waals surface area contributed by atoms with Crippen molar-refractivity contribution >= 4 is 34.2 Å². The molecule has 2 N–H and O–H groups in total. The fraction of sp³-hybridized carbons (Fsp3) is 0.562. The van der Waals surface area contributed by atoms with E-state index >= 15 is 0 Å².